The molecule has 2 heterocycles. The van der Waals surface area contributed by atoms with Crippen molar-refractivity contribution < 1.29 is 9.90 Å². The summed E-state index contributed by atoms with van der Waals surface area (Å²) in [5.41, 5.74) is 0.675. The summed E-state index contributed by atoms with van der Waals surface area (Å²) in [6.07, 6.45) is 1.83. The predicted octanol–water partition coefficient (Wildman–Crippen LogP) is 1.78. The molecule has 2 aromatic rings. The van der Waals surface area contributed by atoms with E-state index >= 15 is 0 Å². The molecule has 6 nitrogen and oxygen atoms in total. The SMILES string of the molecule is Cn1ccc(CNc2ccc(Cl)c(C(=O)O)n2)n1. The summed E-state index contributed by atoms with van der Waals surface area (Å²) in [7, 11) is 1.83. The summed E-state index contributed by atoms with van der Waals surface area (Å²) < 4.78 is 1.69. The van der Waals surface area contributed by atoms with Crippen molar-refractivity contribution in [1.82, 2.24) is 14.8 Å². The van der Waals surface area contributed by atoms with Gasteiger partial charge in [0.05, 0.1) is 17.3 Å². The molecule has 0 bridgehead atoms. The minimum atomic E-state index is -1.15. The van der Waals surface area contributed by atoms with Crippen molar-refractivity contribution in [2.24, 2.45) is 7.05 Å². The van der Waals surface area contributed by atoms with E-state index in [4.69, 9.17) is 16.7 Å². The van der Waals surface area contributed by atoms with Gasteiger partial charge in [0.1, 0.15) is 5.82 Å². The van der Waals surface area contributed by atoms with E-state index in [-0.39, 0.29) is 10.7 Å². The fraction of sp³-hybridized carbons (Fsp3) is 0.182. The first-order valence-electron chi connectivity index (χ1n) is 5.18. The molecule has 0 unspecified atom stereocenters. The quantitative estimate of drug-likeness (QED) is 0.882. The maximum atomic E-state index is 10.9. The lowest BCUT2D eigenvalue weighted by molar-refractivity contribution is 0.0691. The van der Waals surface area contributed by atoms with Crippen molar-refractivity contribution >= 4 is 23.4 Å². The molecule has 0 atom stereocenters. The van der Waals surface area contributed by atoms with Gasteiger partial charge in [-0.05, 0) is 18.2 Å². The summed E-state index contributed by atoms with van der Waals surface area (Å²) in [5, 5.41) is 16.2. The molecule has 0 amide bonds. The van der Waals surface area contributed by atoms with Crippen LogP contribution in [-0.2, 0) is 13.6 Å². The van der Waals surface area contributed by atoms with Gasteiger partial charge in [0.2, 0.25) is 0 Å². The average molecular weight is 267 g/mol. The Kier molecular flexibility index (Phi) is 3.47. The normalized spacial score (nSPS) is 10.3. The molecule has 0 aliphatic heterocycles. The zero-order valence-corrected chi connectivity index (χ0v) is 10.3. The standard InChI is InChI=1S/C11H11ClN4O2/c1-16-5-4-7(15-16)6-13-9-3-2-8(12)10(14-9)11(17)18/h2-5H,6H2,1H3,(H,13,14)(H,17,18). The molecule has 2 aromatic heterocycles. The first-order chi connectivity index (χ1) is 8.56. The molecule has 0 fully saturated rings. The van der Waals surface area contributed by atoms with E-state index in [1.54, 1.807) is 10.7 Å². The van der Waals surface area contributed by atoms with Crippen LogP contribution < -0.4 is 5.32 Å². The van der Waals surface area contributed by atoms with E-state index in [1.165, 1.54) is 6.07 Å². The first kappa shape index (κ1) is 12.4. The number of carboxylic acids is 1. The maximum Gasteiger partial charge on any atom is 0.356 e. The lowest BCUT2D eigenvalue weighted by Gasteiger charge is -2.05. The second kappa shape index (κ2) is 5.05. The number of aromatic nitrogens is 3. The summed E-state index contributed by atoms with van der Waals surface area (Å²) >= 11 is 5.72. The minimum Gasteiger partial charge on any atom is -0.476 e. The van der Waals surface area contributed by atoms with Gasteiger partial charge < -0.3 is 10.4 Å². The summed E-state index contributed by atoms with van der Waals surface area (Å²) in [6.45, 7) is 0.467. The predicted molar refractivity (Wildman–Crippen MR) is 66.7 cm³/mol. The molecule has 0 aliphatic rings. The number of pyridine rings is 1. The van der Waals surface area contributed by atoms with E-state index in [9.17, 15) is 4.79 Å². The molecule has 0 aliphatic carbocycles. The van der Waals surface area contributed by atoms with Gasteiger partial charge in [0.25, 0.3) is 0 Å². The van der Waals surface area contributed by atoms with Crippen LogP contribution in [0.5, 0.6) is 0 Å². The smallest absolute Gasteiger partial charge is 0.356 e. The lowest BCUT2D eigenvalue weighted by atomic mass is 10.3. The highest BCUT2D eigenvalue weighted by atomic mass is 35.5. The molecule has 0 spiro atoms. The third-order valence-electron chi connectivity index (χ3n) is 2.27. The van der Waals surface area contributed by atoms with Gasteiger partial charge in [0.15, 0.2) is 5.69 Å². The van der Waals surface area contributed by atoms with Crippen molar-refractivity contribution in [2.75, 3.05) is 5.32 Å². The lowest BCUT2D eigenvalue weighted by Crippen LogP contribution is -2.07. The van der Waals surface area contributed by atoms with Gasteiger partial charge in [-0.1, -0.05) is 11.6 Å². The van der Waals surface area contributed by atoms with Crippen LogP contribution in [0.15, 0.2) is 24.4 Å². The van der Waals surface area contributed by atoms with E-state index in [0.717, 1.165) is 5.69 Å². The highest BCUT2D eigenvalue weighted by molar-refractivity contribution is 6.33. The van der Waals surface area contributed by atoms with Crippen LogP contribution in [0.2, 0.25) is 5.02 Å². The zero-order chi connectivity index (χ0) is 13.1. The van der Waals surface area contributed by atoms with E-state index in [2.05, 4.69) is 15.4 Å². The van der Waals surface area contributed by atoms with Crippen molar-refractivity contribution in [3.63, 3.8) is 0 Å². The number of nitrogens with one attached hydrogen (secondary N) is 1. The molecular weight excluding hydrogens is 256 g/mol. The molecule has 94 valence electrons. The molecule has 2 N–H and O–H groups in total. The molecule has 0 radical (unpaired) electrons. The Bertz CT molecular complexity index is 582. The van der Waals surface area contributed by atoms with Gasteiger partial charge >= 0.3 is 5.97 Å². The second-order valence-corrected chi connectivity index (χ2v) is 4.07. The number of carboxylic acid groups (broad SMARTS) is 1. The van der Waals surface area contributed by atoms with E-state index in [0.29, 0.717) is 12.4 Å². The average Bonchev–Trinajstić information content (AvgIpc) is 2.74. The van der Waals surface area contributed by atoms with Crippen LogP contribution >= 0.6 is 11.6 Å². The Morgan fingerprint density at radius 2 is 2.28 bits per heavy atom. The van der Waals surface area contributed by atoms with Crippen molar-refractivity contribution in [2.45, 2.75) is 6.54 Å². The van der Waals surface area contributed by atoms with Crippen LogP contribution in [0.1, 0.15) is 16.2 Å². The van der Waals surface area contributed by atoms with Gasteiger partial charge in [-0.25, -0.2) is 9.78 Å². The second-order valence-electron chi connectivity index (χ2n) is 3.67. The molecule has 0 saturated carbocycles. The van der Waals surface area contributed by atoms with Crippen molar-refractivity contribution in [1.29, 1.82) is 0 Å². The number of aryl methyl sites for hydroxylation is 1. The number of rotatable bonds is 4. The van der Waals surface area contributed by atoms with E-state index in [1.807, 2.05) is 19.3 Å². The Balaban J connectivity index is 2.10. The Morgan fingerprint density at radius 1 is 1.50 bits per heavy atom. The number of nitrogens with zero attached hydrogens (tertiary/aromatic N) is 3. The summed E-state index contributed by atoms with van der Waals surface area (Å²) in [6, 6.07) is 4.98. The number of hydrogen-bond acceptors (Lipinski definition) is 4. The third kappa shape index (κ3) is 2.78. The Hall–Kier alpha value is -2.08. The third-order valence-corrected chi connectivity index (χ3v) is 2.57. The molecule has 0 saturated heterocycles. The topological polar surface area (TPSA) is 80.0 Å². The molecule has 2 rings (SSSR count). The number of aromatic carboxylic acids is 1. The molecular formula is C11H11ClN4O2. The fourth-order valence-corrected chi connectivity index (χ4v) is 1.62. The van der Waals surface area contributed by atoms with Crippen LogP contribution in [0.3, 0.4) is 0 Å². The Morgan fingerprint density at radius 3 is 2.89 bits per heavy atom. The van der Waals surface area contributed by atoms with Gasteiger partial charge in [0, 0.05) is 13.2 Å². The summed E-state index contributed by atoms with van der Waals surface area (Å²) in [5.74, 6) is -0.705. The number of halogens is 1. The summed E-state index contributed by atoms with van der Waals surface area (Å²) in [4.78, 5) is 14.8. The largest absolute Gasteiger partial charge is 0.476 e. The monoisotopic (exact) mass is 266 g/mol. The molecule has 7 heteroatoms. The molecule has 0 aromatic carbocycles. The highest BCUT2D eigenvalue weighted by Gasteiger charge is 2.11. The molecule has 18 heavy (non-hydrogen) atoms. The highest BCUT2D eigenvalue weighted by Crippen LogP contribution is 2.16. The number of carbonyl (C=O) groups is 1. The van der Waals surface area contributed by atoms with E-state index < -0.39 is 5.97 Å². The van der Waals surface area contributed by atoms with Crippen LogP contribution in [0.25, 0.3) is 0 Å². The number of hydrogen-bond donors (Lipinski definition) is 2. The van der Waals surface area contributed by atoms with Crippen LogP contribution in [0.4, 0.5) is 5.82 Å². The minimum absolute atomic E-state index is 0.117. The number of anilines is 1. The van der Waals surface area contributed by atoms with Gasteiger partial charge in [-0.2, -0.15) is 5.10 Å². The zero-order valence-electron chi connectivity index (χ0n) is 9.59. The van der Waals surface area contributed by atoms with Crippen LogP contribution in [0, 0.1) is 0 Å². The van der Waals surface area contributed by atoms with Gasteiger partial charge in [-0.3, -0.25) is 4.68 Å². The maximum absolute atomic E-state index is 10.9. The fourth-order valence-electron chi connectivity index (χ4n) is 1.43. The van der Waals surface area contributed by atoms with Gasteiger partial charge in [-0.15, -0.1) is 0 Å². The first-order valence-corrected chi connectivity index (χ1v) is 5.56. The van der Waals surface area contributed by atoms with Crippen LogP contribution in [-0.4, -0.2) is 25.8 Å². The van der Waals surface area contributed by atoms with Crippen molar-refractivity contribution in [3.05, 3.63) is 40.8 Å². The Labute approximate surface area is 108 Å². The van der Waals surface area contributed by atoms with Crippen molar-refractivity contribution in [3.8, 4) is 0 Å².